The molecule has 0 aliphatic rings. The van der Waals surface area contributed by atoms with Crippen molar-refractivity contribution in [1.29, 1.82) is 0 Å². The molecule has 100 valence electrons. The van der Waals surface area contributed by atoms with Gasteiger partial charge in [-0.1, -0.05) is 23.7 Å². The molecule has 0 fully saturated rings. The third-order valence-corrected chi connectivity index (χ3v) is 3.34. The number of pyridine rings is 1. The molecule has 0 amide bonds. The fourth-order valence-electron chi connectivity index (χ4n) is 1.94. The fraction of sp³-hybridized carbons (Fsp3) is 0.267. The quantitative estimate of drug-likeness (QED) is 0.901. The van der Waals surface area contributed by atoms with E-state index in [0.29, 0.717) is 5.02 Å². The lowest BCUT2D eigenvalue weighted by molar-refractivity contribution is 0.573. The Hall–Kier alpha value is -1.45. The maximum Gasteiger partial charge on any atom is 0.124 e. The second-order valence-corrected chi connectivity index (χ2v) is 4.86. The average Bonchev–Trinajstić information content (AvgIpc) is 2.39. The van der Waals surface area contributed by atoms with Crippen molar-refractivity contribution in [3.05, 3.63) is 64.7 Å². The minimum absolute atomic E-state index is 0.0878. The molecule has 4 heteroatoms. The number of halogens is 2. The highest BCUT2D eigenvalue weighted by atomic mass is 35.5. The van der Waals surface area contributed by atoms with Crippen LogP contribution in [0.4, 0.5) is 4.39 Å². The molecule has 2 rings (SSSR count). The van der Waals surface area contributed by atoms with E-state index in [9.17, 15) is 4.39 Å². The molecule has 1 unspecified atom stereocenters. The summed E-state index contributed by atoms with van der Waals surface area (Å²) < 4.78 is 13.0. The van der Waals surface area contributed by atoms with Crippen molar-refractivity contribution in [2.75, 3.05) is 6.54 Å². The SMILES string of the molecule is CC(NCCc1cccnc1)c1ccc(F)cc1Cl. The van der Waals surface area contributed by atoms with Gasteiger partial charge in [0.15, 0.2) is 0 Å². The van der Waals surface area contributed by atoms with Crippen molar-refractivity contribution in [2.45, 2.75) is 19.4 Å². The van der Waals surface area contributed by atoms with Gasteiger partial charge in [-0.25, -0.2) is 4.39 Å². The zero-order valence-corrected chi connectivity index (χ0v) is 11.5. The molecule has 2 aromatic rings. The van der Waals surface area contributed by atoms with Crippen LogP contribution in [0.5, 0.6) is 0 Å². The lowest BCUT2D eigenvalue weighted by Crippen LogP contribution is -2.21. The summed E-state index contributed by atoms with van der Waals surface area (Å²) in [7, 11) is 0. The van der Waals surface area contributed by atoms with Crippen molar-refractivity contribution >= 4 is 11.6 Å². The first-order valence-electron chi connectivity index (χ1n) is 6.24. The monoisotopic (exact) mass is 278 g/mol. The van der Waals surface area contributed by atoms with Gasteiger partial charge >= 0.3 is 0 Å². The molecule has 1 aromatic heterocycles. The van der Waals surface area contributed by atoms with Crippen LogP contribution in [0.25, 0.3) is 0 Å². The standard InChI is InChI=1S/C15H16ClFN2/c1-11(14-5-4-13(17)9-15(14)16)19-8-6-12-3-2-7-18-10-12/h2-5,7,9-11,19H,6,8H2,1H3. The summed E-state index contributed by atoms with van der Waals surface area (Å²) in [6.45, 7) is 2.84. The van der Waals surface area contributed by atoms with Crippen LogP contribution < -0.4 is 5.32 Å². The number of aromatic nitrogens is 1. The van der Waals surface area contributed by atoms with Gasteiger partial charge in [-0.15, -0.1) is 0 Å². The Morgan fingerprint density at radius 3 is 2.89 bits per heavy atom. The molecule has 0 saturated heterocycles. The van der Waals surface area contributed by atoms with Crippen LogP contribution >= 0.6 is 11.6 Å². The molecule has 1 atom stereocenters. The number of hydrogen-bond donors (Lipinski definition) is 1. The predicted molar refractivity (Wildman–Crippen MR) is 75.8 cm³/mol. The third-order valence-electron chi connectivity index (χ3n) is 3.02. The van der Waals surface area contributed by atoms with Gasteiger partial charge in [-0.05, 0) is 49.2 Å². The molecule has 0 saturated carbocycles. The van der Waals surface area contributed by atoms with Gasteiger partial charge in [0.05, 0.1) is 0 Å². The Balaban J connectivity index is 1.89. The van der Waals surface area contributed by atoms with Gasteiger partial charge in [-0.2, -0.15) is 0 Å². The van der Waals surface area contributed by atoms with E-state index in [1.807, 2.05) is 25.3 Å². The minimum atomic E-state index is -0.309. The summed E-state index contributed by atoms with van der Waals surface area (Å²) in [4.78, 5) is 4.07. The average molecular weight is 279 g/mol. The fourth-order valence-corrected chi connectivity index (χ4v) is 2.27. The number of nitrogens with zero attached hydrogens (tertiary/aromatic N) is 1. The van der Waals surface area contributed by atoms with Crippen molar-refractivity contribution in [2.24, 2.45) is 0 Å². The molecule has 0 bridgehead atoms. The smallest absolute Gasteiger partial charge is 0.124 e. The Morgan fingerprint density at radius 1 is 1.37 bits per heavy atom. The molecule has 0 spiro atoms. The molecule has 1 heterocycles. The van der Waals surface area contributed by atoms with Crippen LogP contribution in [-0.2, 0) is 6.42 Å². The molecule has 0 aliphatic carbocycles. The van der Waals surface area contributed by atoms with E-state index in [4.69, 9.17) is 11.6 Å². The Morgan fingerprint density at radius 2 is 2.21 bits per heavy atom. The van der Waals surface area contributed by atoms with Crippen molar-refractivity contribution in [3.63, 3.8) is 0 Å². The van der Waals surface area contributed by atoms with E-state index in [0.717, 1.165) is 18.5 Å². The van der Waals surface area contributed by atoms with Crippen molar-refractivity contribution in [3.8, 4) is 0 Å². The highest BCUT2D eigenvalue weighted by molar-refractivity contribution is 6.31. The number of nitrogens with one attached hydrogen (secondary N) is 1. The van der Waals surface area contributed by atoms with E-state index >= 15 is 0 Å². The van der Waals surface area contributed by atoms with E-state index in [1.165, 1.54) is 17.7 Å². The topological polar surface area (TPSA) is 24.9 Å². The second kappa shape index (κ2) is 6.64. The minimum Gasteiger partial charge on any atom is -0.310 e. The number of benzene rings is 1. The Kier molecular flexibility index (Phi) is 4.88. The molecule has 1 N–H and O–H groups in total. The first-order chi connectivity index (χ1) is 9.16. The van der Waals surface area contributed by atoms with Crippen molar-refractivity contribution in [1.82, 2.24) is 10.3 Å². The van der Waals surface area contributed by atoms with Crippen LogP contribution in [0.1, 0.15) is 24.1 Å². The lowest BCUT2D eigenvalue weighted by atomic mass is 10.1. The van der Waals surface area contributed by atoms with Crippen LogP contribution in [0.2, 0.25) is 5.02 Å². The molecule has 1 aromatic carbocycles. The zero-order valence-electron chi connectivity index (χ0n) is 10.7. The summed E-state index contributed by atoms with van der Waals surface area (Å²) in [6.07, 6.45) is 4.52. The molecule has 2 nitrogen and oxygen atoms in total. The summed E-state index contributed by atoms with van der Waals surface area (Å²) in [5.41, 5.74) is 2.10. The highest BCUT2D eigenvalue weighted by Crippen LogP contribution is 2.23. The van der Waals surface area contributed by atoms with Gasteiger partial charge in [0.2, 0.25) is 0 Å². The summed E-state index contributed by atoms with van der Waals surface area (Å²) >= 11 is 6.03. The molecular formula is C15H16ClFN2. The largest absolute Gasteiger partial charge is 0.310 e. The van der Waals surface area contributed by atoms with Crippen LogP contribution in [0, 0.1) is 5.82 Å². The van der Waals surface area contributed by atoms with Gasteiger partial charge in [0.25, 0.3) is 0 Å². The van der Waals surface area contributed by atoms with Crippen molar-refractivity contribution < 1.29 is 4.39 Å². The lowest BCUT2D eigenvalue weighted by Gasteiger charge is -2.15. The van der Waals surface area contributed by atoms with E-state index in [2.05, 4.69) is 10.3 Å². The normalized spacial score (nSPS) is 12.4. The van der Waals surface area contributed by atoms with E-state index in [-0.39, 0.29) is 11.9 Å². The maximum absolute atomic E-state index is 13.0. The molecule has 0 aliphatic heterocycles. The van der Waals surface area contributed by atoms with Gasteiger partial charge in [-0.3, -0.25) is 4.98 Å². The maximum atomic E-state index is 13.0. The van der Waals surface area contributed by atoms with Gasteiger partial charge in [0, 0.05) is 23.5 Å². The number of rotatable bonds is 5. The van der Waals surface area contributed by atoms with Crippen LogP contribution in [0.3, 0.4) is 0 Å². The van der Waals surface area contributed by atoms with Crippen LogP contribution in [-0.4, -0.2) is 11.5 Å². The second-order valence-electron chi connectivity index (χ2n) is 4.45. The first-order valence-corrected chi connectivity index (χ1v) is 6.62. The third kappa shape index (κ3) is 4.01. The Labute approximate surface area is 117 Å². The predicted octanol–water partition coefficient (Wildman–Crippen LogP) is 3.77. The van der Waals surface area contributed by atoms with E-state index < -0.39 is 0 Å². The van der Waals surface area contributed by atoms with E-state index in [1.54, 1.807) is 12.3 Å². The summed E-state index contributed by atoms with van der Waals surface area (Å²) in [6, 6.07) is 8.56. The van der Waals surface area contributed by atoms with Gasteiger partial charge < -0.3 is 5.32 Å². The zero-order chi connectivity index (χ0) is 13.7. The highest BCUT2D eigenvalue weighted by Gasteiger charge is 2.09. The molecule has 0 radical (unpaired) electrons. The molecular weight excluding hydrogens is 263 g/mol. The summed E-state index contributed by atoms with van der Waals surface area (Å²) in [5, 5.41) is 3.83. The first kappa shape index (κ1) is 14.0. The van der Waals surface area contributed by atoms with Crippen LogP contribution in [0.15, 0.2) is 42.7 Å². The van der Waals surface area contributed by atoms with Gasteiger partial charge in [0.1, 0.15) is 5.82 Å². The molecule has 19 heavy (non-hydrogen) atoms. The summed E-state index contributed by atoms with van der Waals surface area (Å²) in [5.74, 6) is -0.309. The Bertz CT molecular complexity index is 531. The number of hydrogen-bond acceptors (Lipinski definition) is 2.